The van der Waals surface area contributed by atoms with Crippen LogP contribution in [0.2, 0.25) is 0 Å². The zero-order valence-electron chi connectivity index (χ0n) is 20.7. The molecule has 3 fully saturated rings. The Labute approximate surface area is 202 Å². The van der Waals surface area contributed by atoms with Crippen LogP contribution in [0.15, 0.2) is 22.7 Å². The third kappa shape index (κ3) is 3.37. The van der Waals surface area contributed by atoms with E-state index in [0.717, 1.165) is 57.5 Å². The van der Waals surface area contributed by atoms with Gasteiger partial charge in [-0.05, 0) is 81.3 Å². The number of hydrogen-bond donors (Lipinski definition) is 2. The summed E-state index contributed by atoms with van der Waals surface area (Å²) in [6.45, 7) is 7.62. The van der Waals surface area contributed by atoms with Gasteiger partial charge < -0.3 is 20.9 Å². The highest BCUT2D eigenvalue weighted by Crippen LogP contribution is 2.81. The molecule has 5 rings (SSSR count). The van der Waals surface area contributed by atoms with E-state index in [4.69, 9.17) is 16.0 Å². The summed E-state index contributed by atoms with van der Waals surface area (Å²) in [6.07, 6.45) is 12.5. The lowest BCUT2D eigenvalue weighted by molar-refractivity contribution is -0.151. The van der Waals surface area contributed by atoms with Gasteiger partial charge in [0.05, 0.1) is 16.5 Å². The van der Waals surface area contributed by atoms with Crippen molar-refractivity contribution < 1.29 is 14.1 Å². The minimum Gasteiger partial charge on any atom is -0.369 e. The SMILES string of the molecule is CC(C)Cc1cc(C[C@@]2(C(N)=O)[C@H]3C=C[C@H](C34CC4)[C@@]2(CCCCN2CCCC2)C(N)=O)no1. The van der Waals surface area contributed by atoms with Crippen molar-refractivity contribution in [1.29, 1.82) is 0 Å². The Morgan fingerprint density at radius 3 is 2.32 bits per heavy atom. The monoisotopic (exact) mass is 468 g/mol. The number of unbranched alkanes of at least 4 members (excludes halogenated alkanes) is 1. The van der Waals surface area contributed by atoms with Crippen LogP contribution in [0.25, 0.3) is 0 Å². The van der Waals surface area contributed by atoms with Crippen LogP contribution >= 0.6 is 0 Å². The van der Waals surface area contributed by atoms with Crippen molar-refractivity contribution in [2.45, 2.75) is 71.6 Å². The van der Waals surface area contributed by atoms with Crippen LogP contribution in [0, 0.1) is 34.0 Å². The molecule has 1 saturated heterocycles. The molecule has 4 aliphatic rings. The smallest absolute Gasteiger partial charge is 0.225 e. The zero-order valence-corrected chi connectivity index (χ0v) is 20.7. The quantitative estimate of drug-likeness (QED) is 0.382. The van der Waals surface area contributed by atoms with E-state index in [2.05, 4.69) is 36.1 Å². The van der Waals surface area contributed by atoms with Gasteiger partial charge in [-0.15, -0.1) is 0 Å². The van der Waals surface area contributed by atoms with Crippen molar-refractivity contribution in [3.63, 3.8) is 0 Å². The number of hydrogen-bond acceptors (Lipinski definition) is 5. The molecule has 1 spiro atoms. The molecule has 2 heterocycles. The van der Waals surface area contributed by atoms with E-state index in [0.29, 0.717) is 24.5 Å². The van der Waals surface area contributed by atoms with Crippen LogP contribution in [0.1, 0.15) is 70.2 Å². The standard InChI is InChI=1S/C27H40N4O3/c1-18(2)15-20-16-19(30-34-20)17-27(24(29)33)22-8-7-21(25(22)10-11-25)26(27,23(28)32)9-3-4-12-31-13-5-6-14-31/h7-8,16,18,21-22H,3-6,9-15,17H2,1-2H3,(H2,28,32)(H2,29,33)/t21-,22+,26+,27+/m1/s1. The highest BCUT2D eigenvalue weighted by molar-refractivity contribution is 5.95. The minimum absolute atomic E-state index is 0.0242. The highest BCUT2D eigenvalue weighted by atomic mass is 16.5. The molecule has 2 saturated carbocycles. The maximum Gasteiger partial charge on any atom is 0.225 e. The molecule has 7 heteroatoms. The number of rotatable bonds is 11. The van der Waals surface area contributed by atoms with E-state index < -0.39 is 16.7 Å². The Kier molecular flexibility index (Phi) is 5.90. The van der Waals surface area contributed by atoms with E-state index in [1.54, 1.807) is 0 Å². The molecule has 0 aromatic carbocycles. The first kappa shape index (κ1) is 23.6. The largest absolute Gasteiger partial charge is 0.369 e. The van der Waals surface area contributed by atoms with Gasteiger partial charge in [0.25, 0.3) is 0 Å². The number of nitrogens with zero attached hydrogens (tertiary/aromatic N) is 2. The second kappa shape index (κ2) is 8.51. The lowest BCUT2D eigenvalue weighted by Crippen LogP contribution is -2.60. The molecule has 2 bridgehead atoms. The first-order chi connectivity index (χ1) is 16.3. The number of carbonyl (C=O) groups is 2. The summed E-state index contributed by atoms with van der Waals surface area (Å²) in [5, 5.41) is 4.32. The van der Waals surface area contributed by atoms with Gasteiger partial charge in [0.2, 0.25) is 11.8 Å². The summed E-state index contributed by atoms with van der Waals surface area (Å²) in [5.41, 5.74) is 11.2. The predicted octanol–water partition coefficient (Wildman–Crippen LogP) is 3.22. The second-order valence-corrected chi connectivity index (χ2v) is 11.8. The van der Waals surface area contributed by atoms with Crippen LogP contribution < -0.4 is 11.5 Å². The molecule has 1 aromatic rings. The Bertz CT molecular complexity index is 974. The summed E-state index contributed by atoms with van der Waals surface area (Å²) in [6, 6.07) is 1.94. The molecule has 4 atom stereocenters. The lowest BCUT2D eigenvalue weighted by Gasteiger charge is -2.47. The molecule has 0 radical (unpaired) electrons. The Balaban J connectivity index is 1.48. The molecule has 3 aliphatic carbocycles. The van der Waals surface area contributed by atoms with Gasteiger partial charge in [0.1, 0.15) is 5.76 Å². The molecular formula is C27H40N4O3. The van der Waals surface area contributed by atoms with E-state index in [1.165, 1.54) is 12.8 Å². The fraction of sp³-hybridized carbons (Fsp3) is 0.741. The average Bonchev–Trinajstić information content (AvgIpc) is 3.09. The predicted molar refractivity (Wildman–Crippen MR) is 129 cm³/mol. The highest BCUT2D eigenvalue weighted by Gasteiger charge is 2.82. The molecular weight excluding hydrogens is 428 g/mol. The van der Waals surface area contributed by atoms with Crippen molar-refractivity contribution in [3.8, 4) is 0 Å². The zero-order chi connectivity index (χ0) is 24.1. The summed E-state index contributed by atoms with van der Waals surface area (Å²) in [4.78, 5) is 29.5. The molecule has 4 N–H and O–H groups in total. The summed E-state index contributed by atoms with van der Waals surface area (Å²) in [7, 11) is 0. The third-order valence-electron chi connectivity index (χ3n) is 9.47. The van der Waals surface area contributed by atoms with Gasteiger partial charge in [-0.25, -0.2) is 0 Å². The van der Waals surface area contributed by atoms with E-state index in [1.807, 2.05) is 6.07 Å². The molecule has 7 nitrogen and oxygen atoms in total. The van der Waals surface area contributed by atoms with Crippen LogP contribution in [-0.2, 0) is 22.4 Å². The van der Waals surface area contributed by atoms with Crippen LogP contribution in [0.3, 0.4) is 0 Å². The maximum absolute atomic E-state index is 13.5. The minimum atomic E-state index is -1.06. The number of aromatic nitrogens is 1. The van der Waals surface area contributed by atoms with E-state index in [-0.39, 0.29) is 23.2 Å². The van der Waals surface area contributed by atoms with Gasteiger partial charge in [0, 0.05) is 18.9 Å². The maximum atomic E-state index is 13.5. The van der Waals surface area contributed by atoms with Gasteiger partial charge in [0.15, 0.2) is 0 Å². The first-order valence-electron chi connectivity index (χ1n) is 13.2. The Morgan fingerprint density at radius 2 is 1.74 bits per heavy atom. The van der Waals surface area contributed by atoms with Gasteiger partial charge in [-0.3, -0.25) is 9.59 Å². The number of carbonyl (C=O) groups excluding carboxylic acids is 2. The lowest BCUT2D eigenvalue weighted by atomic mass is 9.53. The normalized spacial score (nSPS) is 33.4. The number of nitrogens with two attached hydrogens (primary N) is 2. The number of likely N-dealkylation sites (tertiary alicyclic amines) is 1. The fourth-order valence-corrected chi connectivity index (χ4v) is 8.00. The van der Waals surface area contributed by atoms with Gasteiger partial charge >= 0.3 is 0 Å². The molecule has 0 unspecified atom stereocenters. The molecule has 34 heavy (non-hydrogen) atoms. The number of allylic oxidation sites excluding steroid dienone is 2. The fourth-order valence-electron chi connectivity index (χ4n) is 8.00. The molecule has 2 amide bonds. The van der Waals surface area contributed by atoms with Crippen molar-refractivity contribution in [2.24, 2.45) is 45.5 Å². The topological polar surface area (TPSA) is 115 Å². The van der Waals surface area contributed by atoms with Crippen LogP contribution in [-0.4, -0.2) is 41.5 Å². The summed E-state index contributed by atoms with van der Waals surface area (Å²) < 4.78 is 5.60. The molecule has 1 aliphatic heterocycles. The second-order valence-electron chi connectivity index (χ2n) is 11.8. The third-order valence-corrected chi connectivity index (χ3v) is 9.47. The first-order valence-corrected chi connectivity index (χ1v) is 13.2. The van der Waals surface area contributed by atoms with Crippen molar-refractivity contribution in [2.75, 3.05) is 19.6 Å². The Hall–Kier alpha value is -2.15. The number of primary amides is 2. The van der Waals surface area contributed by atoms with Crippen molar-refractivity contribution in [1.82, 2.24) is 10.1 Å². The van der Waals surface area contributed by atoms with Crippen LogP contribution in [0.4, 0.5) is 0 Å². The molecule has 1 aromatic heterocycles. The number of amides is 2. The Morgan fingerprint density at radius 1 is 1.09 bits per heavy atom. The van der Waals surface area contributed by atoms with Gasteiger partial charge in [-0.2, -0.15) is 0 Å². The molecule has 186 valence electrons. The van der Waals surface area contributed by atoms with Crippen molar-refractivity contribution >= 4 is 11.8 Å². The summed E-state index contributed by atoms with van der Waals surface area (Å²) in [5.74, 6) is 0.359. The van der Waals surface area contributed by atoms with E-state index >= 15 is 0 Å². The summed E-state index contributed by atoms with van der Waals surface area (Å²) >= 11 is 0. The average molecular weight is 469 g/mol. The van der Waals surface area contributed by atoms with Gasteiger partial charge in [-0.1, -0.05) is 37.6 Å². The van der Waals surface area contributed by atoms with Crippen molar-refractivity contribution in [3.05, 3.63) is 29.7 Å². The van der Waals surface area contributed by atoms with Crippen LogP contribution in [0.5, 0.6) is 0 Å². The van der Waals surface area contributed by atoms with E-state index in [9.17, 15) is 9.59 Å².